The molecule has 122 valence electrons. The van der Waals surface area contributed by atoms with Crippen molar-refractivity contribution < 1.29 is 23.5 Å². The van der Waals surface area contributed by atoms with Crippen molar-refractivity contribution in [3.63, 3.8) is 0 Å². The highest BCUT2D eigenvalue weighted by Gasteiger charge is 2.16. The Labute approximate surface area is 129 Å². The van der Waals surface area contributed by atoms with Crippen molar-refractivity contribution in [1.82, 2.24) is 5.32 Å². The Kier molecular flexibility index (Phi) is 7.48. The maximum Gasteiger partial charge on any atom is 0.254 e. The van der Waals surface area contributed by atoms with Gasteiger partial charge in [-0.1, -0.05) is 0 Å². The Morgan fingerprint density at radius 3 is 2.68 bits per heavy atom. The van der Waals surface area contributed by atoms with E-state index in [1.165, 1.54) is 19.2 Å². The number of halogens is 1. The van der Waals surface area contributed by atoms with E-state index < -0.39 is 17.8 Å². The Morgan fingerprint density at radius 2 is 2.05 bits per heavy atom. The summed E-state index contributed by atoms with van der Waals surface area (Å²) in [5.41, 5.74) is 0.190. The third-order valence-corrected chi connectivity index (χ3v) is 2.87. The van der Waals surface area contributed by atoms with Crippen LogP contribution in [0.4, 0.5) is 10.1 Å². The maximum atomic E-state index is 13.5. The number of amides is 2. The average molecular weight is 312 g/mol. The van der Waals surface area contributed by atoms with Crippen molar-refractivity contribution in [3.05, 3.63) is 29.6 Å². The predicted octanol–water partition coefficient (Wildman–Crippen LogP) is 1.57. The van der Waals surface area contributed by atoms with Crippen molar-refractivity contribution >= 4 is 17.5 Å². The third kappa shape index (κ3) is 5.42. The number of ether oxygens (including phenoxy) is 2. The zero-order chi connectivity index (χ0) is 16.5. The molecule has 0 bridgehead atoms. The number of benzene rings is 1. The van der Waals surface area contributed by atoms with Gasteiger partial charge in [-0.25, -0.2) is 4.39 Å². The molecule has 1 aromatic carbocycles. The van der Waals surface area contributed by atoms with Crippen LogP contribution in [-0.4, -0.2) is 44.8 Å². The van der Waals surface area contributed by atoms with E-state index in [-0.39, 0.29) is 11.5 Å². The minimum Gasteiger partial charge on any atom is -0.379 e. The molecule has 0 aliphatic heterocycles. The topological polar surface area (TPSA) is 76.7 Å². The standard InChI is InChI=1S/C15H21FN2O4/c1-4-21-7-8-22-10(2)14(19)18-11-5-6-13(16)12(9-11)15(20)17-3/h5-6,9-10H,4,7-8H2,1-3H3,(H,17,20)(H,18,19)/t10-/m0/s1. The molecule has 0 aromatic heterocycles. The molecule has 0 heterocycles. The number of nitrogens with one attached hydrogen (secondary N) is 2. The van der Waals surface area contributed by atoms with Gasteiger partial charge in [0.15, 0.2) is 0 Å². The van der Waals surface area contributed by atoms with E-state index in [0.717, 1.165) is 6.07 Å². The molecule has 7 heteroatoms. The molecule has 2 amide bonds. The molecule has 22 heavy (non-hydrogen) atoms. The van der Waals surface area contributed by atoms with Crippen molar-refractivity contribution in [3.8, 4) is 0 Å². The first-order valence-electron chi connectivity index (χ1n) is 7.01. The number of hydrogen-bond donors (Lipinski definition) is 2. The Morgan fingerprint density at radius 1 is 1.32 bits per heavy atom. The molecule has 0 saturated heterocycles. The zero-order valence-corrected chi connectivity index (χ0v) is 12.9. The van der Waals surface area contributed by atoms with E-state index in [4.69, 9.17) is 9.47 Å². The van der Waals surface area contributed by atoms with Gasteiger partial charge >= 0.3 is 0 Å². The summed E-state index contributed by atoms with van der Waals surface area (Å²) in [6.07, 6.45) is -0.686. The van der Waals surface area contributed by atoms with E-state index in [1.807, 2.05) is 6.92 Å². The van der Waals surface area contributed by atoms with Gasteiger partial charge < -0.3 is 20.1 Å². The molecular weight excluding hydrogens is 291 g/mol. The van der Waals surface area contributed by atoms with Crippen LogP contribution in [0, 0.1) is 5.82 Å². The molecule has 0 saturated carbocycles. The van der Waals surface area contributed by atoms with Crippen LogP contribution in [0.5, 0.6) is 0 Å². The predicted molar refractivity (Wildman–Crippen MR) is 80.3 cm³/mol. The molecule has 6 nitrogen and oxygen atoms in total. The summed E-state index contributed by atoms with van der Waals surface area (Å²) < 4.78 is 23.9. The van der Waals surface area contributed by atoms with E-state index in [9.17, 15) is 14.0 Å². The van der Waals surface area contributed by atoms with E-state index in [1.54, 1.807) is 6.92 Å². The fourth-order valence-electron chi connectivity index (χ4n) is 1.66. The number of hydrogen-bond acceptors (Lipinski definition) is 4. The number of carbonyl (C=O) groups is 2. The van der Waals surface area contributed by atoms with E-state index in [2.05, 4.69) is 10.6 Å². The van der Waals surface area contributed by atoms with Gasteiger partial charge in [-0.05, 0) is 32.0 Å². The minimum absolute atomic E-state index is 0.134. The summed E-state index contributed by atoms with van der Waals surface area (Å²) >= 11 is 0. The highest BCUT2D eigenvalue weighted by molar-refractivity contribution is 5.98. The third-order valence-electron chi connectivity index (χ3n) is 2.87. The van der Waals surface area contributed by atoms with Crippen molar-refractivity contribution in [1.29, 1.82) is 0 Å². The van der Waals surface area contributed by atoms with Crippen molar-refractivity contribution in [2.24, 2.45) is 0 Å². The molecule has 0 aliphatic carbocycles. The van der Waals surface area contributed by atoms with Crippen LogP contribution >= 0.6 is 0 Å². The van der Waals surface area contributed by atoms with Crippen LogP contribution in [-0.2, 0) is 14.3 Å². The van der Waals surface area contributed by atoms with Gasteiger partial charge in [-0.2, -0.15) is 0 Å². The quantitative estimate of drug-likeness (QED) is 0.714. The van der Waals surface area contributed by atoms with Gasteiger partial charge in [0.2, 0.25) is 0 Å². The molecule has 0 spiro atoms. The molecule has 0 fully saturated rings. The van der Waals surface area contributed by atoms with Crippen LogP contribution in [0.25, 0.3) is 0 Å². The van der Waals surface area contributed by atoms with Crippen LogP contribution < -0.4 is 10.6 Å². The minimum atomic E-state index is -0.686. The summed E-state index contributed by atoms with van der Waals surface area (Å²) in [4.78, 5) is 23.4. The normalized spacial score (nSPS) is 11.8. The second-order valence-electron chi connectivity index (χ2n) is 4.47. The van der Waals surface area contributed by atoms with Gasteiger partial charge in [0.1, 0.15) is 11.9 Å². The zero-order valence-electron chi connectivity index (χ0n) is 12.9. The Balaban J connectivity index is 2.62. The molecule has 0 unspecified atom stereocenters. The molecule has 1 atom stereocenters. The van der Waals surface area contributed by atoms with Gasteiger partial charge in [0, 0.05) is 19.3 Å². The lowest BCUT2D eigenvalue weighted by molar-refractivity contribution is -0.127. The lowest BCUT2D eigenvalue weighted by atomic mass is 10.1. The molecule has 0 radical (unpaired) electrons. The average Bonchev–Trinajstić information content (AvgIpc) is 2.52. The van der Waals surface area contributed by atoms with Crippen LogP contribution in [0.3, 0.4) is 0 Å². The molecule has 1 rings (SSSR count). The highest BCUT2D eigenvalue weighted by atomic mass is 19.1. The smallest absolute Gasteiger partial charge is 0.254 e. The fourth-order valence-corrected chi connectivity index (χ4v) is 1.66. The monoisotopic (exact) mass is 312 g/mol. The van der Waals surface area contributed by atoms with Crippen molar-refractivity contribution in [2.75, 3.05) is 32.2 Å². The second-order valence-corrected chi connectivity index (χ2v) is 4.47. The van der Waals surface area contributed by atoms with Gasteiger partial charge in [-0.15, -0.1) is 0 Å². The number of rotatable bonds is 8. The first-order valence-corrected chi connectivity index (χ1v) is 7.01. The van der Waals surface area contributed by atoms with Gasteiger partial charge in [0.05, 0.1) is 18.8 Å². The lowest BCUT2D eigenvalue weighted by Gasteiger charge is -2.14. The highest BCUT2D eigenvalue weighted by Crippen LogP contribution is 2.15. The number of carbonyl (C=O) groups excluding carboxylic acids is 2. The van der Waals surface area contributed by atoms with Crippen LogP contribution in [0.2, 0.25) is 0 Å². The number of anilines is 1. The van der Waals surface area contributed by atoms with E-state index >= 15 is 0 Å². The Bertz CT molecular complexity index is 522. The van der Waals surface area contributed by atoms with E-state index in [0.29, 0.717) is 25.5 Å². The molecule has 2 N–H and O–H groups in total. The van der Waals surface area contributed by atoms with Crippen LogP contribution in [0.15, 0.2) is 18.2 Å². The lowest BCUT2D eigenvalue weighted by Crippen LogP contribution is -2.29. The van der Waals surface area contributed by atoms with Crippen LogP contribution in [0.1, 0.15) is 24.2 Å². The SMILES string of the molecule is CCOCCO[C@@H](C)C(=O)Nc1ccc(F)c(C(=O)NC)c1. The largest absolute Gasteiger partial charge is 0.379 e. The molecular formula is C15H21FN2O4. The summed E-state index contributed by atoms with van der Waals surface area (Å²) in [5, 5.41) is 4.91. The summed E-state index contributed by atoms with van der Waals surface area (Å²) in [7, 11) is 1.40. The van der Waals surface area contributed by atoms with Gasteiger partial charge in [0.25, 0.3) is 11.8 Å². The molecule has 1 aromatic rings. The van der Waals surface area contributed by atoms with Gasteiger partial charge in [-0.3, -0.25) is 9.59 Å². The Hall–Kier alpha value is -1.99. The molecule has 0 aliphatic rings. The summed E-state index contributed by atoms with van der Waals surface area (Å²) in [6, 6.07) is 3.78. The fraction of sp³-hybridized carbons (Fsp3) is 0.467. The first-order chi connectivity index (χ1) is 10.5. The first kappa shape index (κ1) is 18.1. The maximum absolute atomic E-state index is 13.5. The summed E-state index contributed by atoms with van der Waals surface area (Å²) in [6.45, 7) is 4.77. The summed E-state index contributed by atoms with van der Waals surface area (Å²) in [5.74, 6) is -1.60. The van der Waals surface area contributed by atoms with Crippen molar-refractivity contribution in [2.45, 2.75) is 20.0 Å². The second kappa shape index (κ2) is 9.11.